The van der Waals surface area contributed by atoms with E-state index in [2.05, 4.69) is 19.9 Å². The molecule has 1 rings (SSSR count). The maximum absolute atomic E-state index is 12.9. The third-order valence-corrected chi connectivity index (χ3v) is 3.53. The zero-order chi connectivity index (χ0) is 16.0. The Bertz CT molecular complexity index is 512. The summed E-state index contributed by atoms with van der Waals surface area (Å²) in [5, 5.41) is 8.78. The van der Waals surface area contributed by atoms with Gasteiger partial charge in [0.05, 0.1) is 17.9 Å². The highest BCUT2D eigenvalue weighted by atomic mass is 16.2. The van der Waals surface area contributed by atoms with Gasteiger partial charge in [0, 0.05) is 18.8 Å². The lowest BCUT2D eigenvalue weighted by Crippen LogP contribution is -2.45. The average Bonchev–Trinajstić information content (AvgIpc) is 2.42. The van der Waals surface area contributed by atoms with Crippen molar-refractivity contribution in [1.82, 2.24) is 4.90 Å². The Morgan fingerprint density at radius 1 is 1.33 bits per heavy atom. The Kier molecular flexibility index (Phi) is 5.78. The Morgan fingerprint density at radius 2 is 1.90 bits per heavy atom. The molecule has 1 amide bonds. The molecule has 0 radical (unpaired) electrons. The number of carbonyl (C=O) groups is 1. The highest BCUT2D eigenvalue weighted by molar-refractivity contribution is 5.87. The fourth-order valence-corrected chi connectivity index (χ4v) is 2.32. The SMILES string of the molecule is CC(C)CN(CCC#N)C(=O)C(C)(C)c1ccc(N)cc1. The number of carbonyl (C=O) groups excluding carboxylic acids is 1. The standard InChI is InChI=1S/C17H25N3O/c1-13(2)12-20(11-5-10-18)16(21)17(3,4)14-6-8-15(19)9-7-14/h6-9,13H,5,11-12,19H2,1-4H3. The van der Waals surface area contributed by atoms with Crippen molar-refractivity contribution in [2.24, 2.45) is 5.92 Å². The molecule has 0 aliphatic heterocycles. The van der Waals surface area contributed by atoms with Crippen molar-refractivity contribution < 1.29 is 4.79 Å². The molecule has 0 spiro atoms. The van der Waals surface area contributed by atoms with Gasteiger partial charge >= 0.3 is 0 Å². The molecule has 0 aliphatic rings. The quantitative estimate of drug-likeness (QED) is 0.818. The lowest BCUT2D eigenvalue weighted by molar-refractivity contribution is -0.136. The monoisotopic (exact) mass is 287 g/mol. The van der Waals surface area contributed by atoms with E-state index >= 15 is 0 Å². The third-order valence-electron chi connectivity index (χ3n) is 3.53. The predicted octanol–water partition coefficient (Wildman–Crippen LogP) is 2.94. The zero-order valence-corrected chi connectivity index (χ0v) is 13.4. The third kappa shape index (κ3) is 4.49. The molecule has 0 bridgehead atoms. The molecule has 0 atom stereocenters. The van der Waals surface area contributed by atoms with Crippen molar-refractivity contribution in [3.63, 3.8) is 0 Å². The number of anilines is 1. The van der Waals surface area contributed by atoms with E-state index < -0.39 is 5.41 Å². The zero-order valence-electron chi connectivity index (χ0n) is 13.4. The van der Waals surface area contributed by atoms with Crippen molar-refractivity contribution in [3.05, 3.63) is 29.8 Å². The summed E-state index contributed by atoms with van der Waals surface area (Å²) in [7, 11) is 0. The maximum atomic E-state index is 12.9. The predicted molar refractivity (Wildman–Crippen MR) is 85.5 cm³/mol. The first-order valence-corrected chi connectivity index (χ1v) is 7.31. The lowest BCUT2D eigenvalue weighted by atomic mass is 9.83. The highest BCUT2D eigenvalue weighted by Gasteiger charge is 2.33. The fraction of sp³-hybridized carbons (Fsp3) is 0.529. The smallest absolute Gasteiger partial charge is 0.232 e. The van der Waals surface area contributed by atoms with Crippen LogP contribution in [0.2, 0.25) is 0 Å². The largest absolute Gasteiger partial charge is 0.399 e. The molecule has 4 nitrogen and oxygen atoms in total. The molecule has 21 heavy (non-hydrogen) atoms. The first-order valence-electron chi connectivity index (χ1n) is 7.31. The van der Waals surface area contributed by atoms with Crippen LogP contribution in [0, 0.1) is 17.2 Å². The summed E-state index contributed by atoms with van der Waals surface area (Å²) in [6, 6.07) is 9.53. The topological polar surface area (TPSA) is 70.1 Å². The summed E-state index contributed by atoms with van der Waals surface area (Å²) >= 11 is 0. The van der Waals surface area contributed by atoms with Gasteiger partial charge in [0.2, 0.25) is 5.91 Å². The van der Waals surface area contributed by atoms with Gasteiger partial charge in [0.1, 0.15) is 0 Å². The second kappa shape index (κ2) is 7.12. The number of benzene rings is 1. The lowest BCUT2D eigenvalue weighted by Gasteiger charge is -2.33. The Labute approximate surface area is 127 Å². The summed E-state index contributed by atoms with van der Waals surface area (Å²) < 4.78 is 0. The number of hydrogen-bond acceptors (Lipinski definition) is 3. The average molecular weight is 287 g/mol. The van der Waals surface area contributed by atoms with Crippen LogP contribution >= 0.6 is 0 Å². The van der Waals surface area contributed by atoms with E-state index in [1.165, 1.54) is 0 Å². The number of amides is 1. The van der Waals surface area contributed by atoms with Gasteiger partial charge in [0.15, 0.2) is 0 Å². The van der Waals surface area contributed by atoms with Crippen LogP contribution in [0.4, 0.5) is 5.69 Å². The molecular weight excluding hydrogens is 262 g/mol. The summed E-state index contributed by atoms with van der Waals surface area (Å²) in [6.45, 7) is 9.12. The molecule has 1 aromatic rings. The maximum Gasteiger partial charge on any atom is 0.232 e. The number of hydrogen-bond donors (Lipinski definition) is 1. The molecule has 0 heterocycles. The van der Waals surface area contributed by atoms with Gasteiger partial charge in [-0.25, -0.2) is 0 Å². The van der Waals surface area contributed by atoms with Gasteiger partial charge in [-0.15, -0.1) is 0 Å². The van der Waals surface area contributed by atoms with Crippen molar-refractivity contribution in [2.45, 2.75) is 39.5 Å². The van der Waals surface area contributed by atoms with E-state index in [1.807, 2.05) is 38.1 Å². The highest BCUT2D eigenvalue weighted by Crippen LogP contribution is 2.27. The van der Waals surface area contributed by atoms with Crippen LogP contribution in [0.25, 0.3) is 0 Å². The molecule has 0 unspecified atom stereocenters. The number of nitriles is 1. The van der Waals surface area contributed by atoms with E-state index in [-0.39, 0.29) is 5.91 Å². The molecular formula is C17H25N3O. The molecule has 1 aromatic carbocycles. The van der Waals surface area contributed by atoms with Gasteiger partial charge in [-0.2, -0.15) is 5.26 Å². The molecule has 0 saturated carbocycles. The molecule has 0 fully saturated rings. The minimum atomic E-state index is -0.627. The molecule has 4 heteroatoms. The molecule has 0 aromatic heterocycles. The van der Waals surface area contributed by atoms with Crippen LogP contribution in [0.1, 0.15) is 39.7 Å². The van der Waals surface area contributed by atoms with Crippen LogP contribution in [0.3, 0.4) is 0 Å². The van der Waals surface area contributed by atoms with Crippen LogP contribution in [0.5, 0.6) is 0 Å². The van der Waals surface area contributed by atoms with Crippen molar-refractivity contribution in [3.8, 4) is 6.07 Å². The first kappa shape index (κ1) is 17.0. The fourth-order valence-electron chi connectivity index (χ4n) is 2.32. The van der Waals surface area contributed by atoms with Crippen LogP contribution in [-0.4, -0.2) is 23.9 Å². The van der Waals surface area contributed by atoms with E-state index in [1.54, 1.807) is 4.90 Å². The summed E-state index contributed by atoms with van der Waals surface area (Å²) in [6.07, 6.45) is 0.357. The van der Waals surface area contributed by atoms with E-state index in [0.717, 1.165) is 5.56 Å². The minimum absolute atomic E-state index is 0.0521. The first-order chi connectivity index (χ1) is 9.78. The number of nitrogens with zero attached hydrogens (tertiary/aromatic N) is 2. The van der Waals surface area contributed by atoms with Crippen molar-refractivity contribution in [2.75, 3.05) is 18.8 Å². The second-order valence-corrected chi connectivity index (χ2v) is 6.30. The van der Waals surface area contributed by atoms with E-state index in [9.17, 15) is 4.79 Å². The van der Waals surface area contributed by atoms with E-state index in [0.29, 0.717) is 31.1 Å². The molecule has 0 saturated heterocycles. The van der Waals surface area contributed by atoms with Crippen LogP contribution in [-0.2, 0) is 10.2 Å². The van der Waals surface area contributed by atoms with Gasteiger partial charge < -0.3 is 10.6 Å². The summed E-state index contributed by atoms with van der Waals surface area (Å²) in [5.41, 5.74) is 6.70. The number of rotatable bonds is 6. The molecule has 0 aliphatic carbocycles. The van der Waals surface area contributed by atoms with Crippen LogP contribution in [0.15, 0.2) is 24.3 Å². The van der Waals surface area contributed by atoms with Crippen molar-refractivity contribution >= 4 is 11.6 Å². The second-order valence-electron chi connectivity index (χ2n) is 6.30. The molecule has 2 N–H and O–H groups in total. The van der Waals surface area contributed by atoms with Gasteiger partial charge in [-0.05, 0) is 37.5 Å². The number of nitrogens with two attached hydrogens (primary N) is 1. The van der Waals surface area contributed by atoms with Gasteiger partial charge in [-0.1, -0.05) is 26.0 Å². The van der Waals surface area contributed by atoms with Crippen molar-refractivity contribution in [1.29, 1.82) is 5.26 Å². The summed E-state index contributed by atoms with van der Waals surface area (Å²) in [4.78, 5) is 14.7. The Balaban J connectivity index is 2.99. The Hall–Kier alpha value is -2.02. The van der Waals surface area contributed by atoms with Gasteiger partial charge in [0.25, 0.3) is 0 Å². The Morgan fingerprint density at radius 3 is 2.38 bits per heavy atom. The van der Waals surface area contributed by atoms with Gasteiger partial charge in [-0.3, -0.25) is 4.79 Å². The summed E-state index contributed by atoms with van der Waals surface area (Å²) in [5.74, 6) is 0.422. The molecule has 114 valence electrons. The minimum Gasteiger partial charge on any atom is -0.399 e. The van der Waals surface area contributed by atoms with E-state index in [4.69, 9.17) is 11.0 Å². The normalized spacial score (nSPS) is 11.2. The number of nitrogen functional groups attached to an aromatic ring is 1. The van der Waals surface area contributed by atoms with Crippen LogP contribution < -0.4 is 5.73 Å².